The topological polar surface area (TPSA) is 64.4 Å². The number of rotatable bonds is 8. The molecule has 138 valence electrons. The van der Waals surface area contributed by atoms with Crippen LogP contribution in [0.4, 0.5) is 0 Å². The van der Waals surface area contributed by atoms with E-state index in [2.05, 4.69) is 5.32 Å². The van der Waals surface area contributed by atoms with Crippen LogP contribution in [0.15, 0.2) is 60.7 Å². The third-order valence-electron chi connectivity index (χ3n) is 5.21. The second-order valence-corrected chi connectivity index (χ2v) is 7.01. The molecule has 1 aliphatic carbocycles. The van der Waals surface area contributed by atoms with E-state index in [-0.39, 0.29) is 17.9 Å². The van der Waals surface area contributed by atoms with Crippen LogP contribution >= 0.6 is 0 Å². The molecule has 26 heavy (non-hydrogen) atoms. The number of ether oxygens (including phenoxy) is 1. The van der Waals surface area contributed by atoms with Gasteiger partial charge in [0.05, 0.1) is 19.3 Å². The van der Waals surface area contributed by atoms with E-state index < -0.39 is 0 Å². The molecule has 4 heteroatoms. The summed E-state index contributed by atoms with van der Waals surface area (Å²) in [5, 5.41) is 3.21. The van der Waals surface area contributed by atoms with Crippen molar-refractivity contribution in [3.05, 3.63) is 71.8 Å². The Morgan fingerprint density at radius 1 is 1.08 bits per heavy atom. The van der Waals surface area contributed by atoms with Gasteiger partial charge in [0, 0.05) is 5.92 Å². The summed E-state index contributed by atoms with van der Waals surface area (Å²) in [5.41, 5.74) is 8.04. The van der Waals surface area contributed by atoms with Gasteiger partial charge in [-0.15, -0.1) is 0 Å². The van der Waals surface area contributed by atoms with E-state index in [0.29, 0.717) is 25.7 Å². The van der Waals surface area contributed by atoms with Crippen LogP contribution < -0.4 is 11.1 Å². The summed E-state index contributed by atoms with van der Waals surface area (Å²) in [7, 11) is 0. The number of hydrogen-bond donors (Lipinski definition) is 2. The Morgan fingerprint density at radius 3 is 2.46 bits per heavy atom. The molecule has 0 bridgehead atoms. The van der Waals surface area contributed by atoms with Gasteiger partial charge < -0.3 is 15.8 Å². The first kappa shape index (κ1) is 18.6. The molecule has 3 atom stereocenters. The third kappa shape index (κ3) is 4.93. The minimum absolute atomic E-state index is 0.0281. The second kappa shape index (κ2) is 9.51. The van der Waals surface area contributed by atoms with Gasteiger partial charge in [-0.05, 0) is 36.4 Å². The van der Waals surface area contributed by atoms with Gasteiger partial charge in [0.15, 0.2) is 0 Å². The first-order valence-electron chi connectivity index (χ1n) is 9.45. The summed E-state index contributed by atoms with van der Waals surface area (Å²) in [6, 6.07) is 20.0. The number of benzene rings is 2. The summed E-state index contributed by atoms with van der Waals surface area (Å²) in [6.45, 7) is 1.57. The lowest BCUT2D eigenvalue weighted by atomic mass is 9.94. The fraction of sp³-hybridized carbons (Fsp3) is 0.409. The molecule has 3 rings (SSSR count). The maximum Gasteiger partial charge on any atom is 0.224 e. The zero-order chi connectivity index (χ0) is 18.2. The standard InChI is InChI=1S/C22H28N2O2/c23-14-19-12-7-13-20(19)22(25)24-21(18-10-5-2-6-11-18)16-26-15-17-8-3-1-4-9-17/h1-6,8-11,19-21H,7,12-16,23H2,(H,24,25)/t19-,20-,21?/m1/s1. The first-order valence-corrected chi connectivity index (χ1v) is 9.45. The third-order valence-corrected chi connectivity index (χ3v) is 5.21. The SMILES string of the molecule is NC[C@H]1CCC[C@H]1C(=O)NC(COCc1ccccc1)c1ccccc1. The van der Waals surface area contributed by atoms with Crippen LogP contribution in [-0.2, 0) is 16.1 Å². The number of amides is 1. The van der Waals surface area contributed by atoms with Crippen LogP contribution in [-0.4, -0.2) is 19.1 Å². The summed E-state index contributed by atoms with van der Waals surface area (Å²) < 4.78 is 5.91. The fourth-order valence-electron chi connectivity index (χ4n) is 3.72. The van der Waals surface area contributed by atoms with Gasteiger partial charge in [-0.1, -0.05) is 67.1 Å². The van der Waals surface area contributed by atoms with Gasteiger partial charge in [0.25, 0.3) is 0 Å². The molecular formula is C22H28N2O2. The number of carbonyl (C=O) groups is 1. The minimum atomic E-state index is -0.147. The van der Waals surface area contributed by atoms with Gasteiger partial charge >= 0.3 is 0 Å². The molecule has 0 spiro atoms. The Morgan fingerprint density at radius 2 is 1.77 bits per heavy atom. The van der Waals surface area contributed by atoms with Crippen molar-refractivity contribution in [3.8, 4) is 0 Å². The molecule has 3 N–H and O–H groups in total. The van der Waals surface area contributed by atoms with E-state index in [1.54, 1.807) is 0 Å². The highest BCUT2D eigenvalue weighted by Crippen LogP contribution is 2.31. The Hall–Kier alpha value is -2.17. The van der Waals surface area contributed by atoms with Gasteiger partial charge in [0.1, 0.15) is 0 Å². The number of carbonyl (C=O) groups excluding carboxylic acids is 1. The quantitative estimate of drug-likeness (QED) is 0.765. The Kier molecular flexibility index (Phi) is 6.81. The molecule has 0 aliphatic heterocycles. The van der Waals surface area contributed by atoms with E-state index in [1.165, 1.54) is 0 Å². The molecule has 0 heterocycles. The molecule has 4 nitrogen and oxygen atoms in total. The van der Waals surface area contributed by atoms with Crippen molar-refractivity contribution < 1.29 is 9.53 Å². The van der Waals surface area contributed by atoms with Gasteiger partial charge in [-0.25, -0.2) is 0 Å². The molecule has 2 aromatic rings. The molecule has 0 radical (unpaired) electrons. The monoisotopic (exact) mass is 352 g/mol. The van der Waals surface area contributed by atoms with Crippen LogP contribution in [0.1, 0.15) is 36.4 Å². The summed E-state index contributed by atoms with van der Waals surface area (Å²) in [6.07, 6.45) is 3.07. The second-order valence-electron chi connectivity index (χ2n) is 7.01. The lowest BCUT2D eigenvalue weighted by Crippen LogP contribution is -2.38. The van der Waals surface area contributed by atoms with Crippen molar-refractivity contribution in [3.63, 3.8) is 0 Å². The normalized spacial score (nSPS) is 20.7. The van der Waals surface area contributed by atoms with E-state index in [0.717, 1.165) is 30.4 Å². The predicted octanol–water partition coefficient (Wildman–Crippen LogP) is 3.44. The van der Waals surface area contributed by atoms with Gasteiger partial charge in [0.2, 0.25) is 5.91 Å². The maximum atomic E-state index is 12.8. The zero-order valence-corrected chi connectivity index (χ0v) is 15.1. The van der Waals surface area contributed by atoms with E-state index >= 15 is 0 Å². The average Bonchev–Trinajstić information content (AvgIpc) is 3.18. The van der Waals surface area contributed by atoms with Crippen LogP contribution in [0, 0.1) is 11.8 Å². The highest BCUT2D eigenvalue weighted by molar-refractivity contribution is 5.79. The number of nitrogens with one attached hydrogen (secondary N) is 1. The molecule has 0 aromatic heterocycles. The number of hydrogen-bond acceptors (Lipinski definition) is 3. The molecule has 2 aromatic carbocycles. The number of nitrogens with two attached hydrogens (primary N) is 1. The van der Waals surface area contributed by atoms with Crippen molar-refractivity contribution in [1.82, 2.24) is 5.32 Å². The summed E-state index contributed by atoms with van der Waals surface area (Å²) in [5.74, 6) is 0.437. The van der Waals surface area contributed by atoms with Crippen LogP contribution in [0.3, 0.4) is 0 Å². The van der Waals surface area contributed by atoms with Crippen LogP contribution in [0.5, 0.6) is 0 Å². The van der Waals surface area contributed by atoms with Crippen LogP contribution in [0.2, 0.25) is 0 Å². The largest absolute Gasteiger partial charge is 0.374 e. The summed E-state index contributed by atoms with van der Waals surface area (Å²) in [4.78, 5) is 12.8. The highest BCUT2D eigenvalue weighted by Gasteiger charge is 2.33. The van der Waals surface area contributed by atoms with Crippen molar-refractivity contribution in [2.45, 2.75) is 31.9 Å². The van der Waals surface area contributed by atoms with E-state index in [1.807, 2.05) is 60.7 Å². The van der Waals surface area contributed by atoms with Crippen LogP contribution in [0.25, 0.3) is 0 Å². The molecule has 1 amide bonds. The fourth-order valence-corrected chi connectivity index (χ4v) is 3.72. The van der Waals surface area contributed by atoms with Gasteiger partial charge in [-0.3, -0.25) is 4.79 Å². The first-order chi connectivity index (χ1) is 12.8. The molecular weight excluding hydrogens is 324 g/mol. The average molecular weight is 352 g/mol. The Bertz CT molecular complexity index is 675. The van der Waals surface area contributed by atoms with Crippen molar-refractivity contribution in [2.75, 3.05) is 13.2 Å². The van der Waals surface area contributed by atoms with Crippen molar-refractivity contribution in [2.24, 2.45) is 17.6 Å². The van der Waals surface area contributed by atoms with E-state index in [9.17, 15) is 4.79 Å². The van der Waals surface area contributed by atoms with Crippen molar-refractivity contribution >= 4 is 5.91 Å². The maximum absolute atomic E-state index is 12.8. The molecule has 1 fully saturated rings. The molecule has 1 unspecified atom stereocenters. The Balaban J connectivity index is 1.63. The molecule has 1 aliphatic rings. The van der Waals surface area contributed by atoms with Crippen molar-refractivity contribution in [1.29, 1.82) is 0 Å². The smallest absolute Gasteiger partial charge is 0.224 e. The lowest BCUT2D eigenvalue weighted by Gasteiger charge is -2.24. The summed E-state index contributed by atoms with van der Waals surface area (Å²) >= 11 is 0. The predicted molar refractivity (Wildman–Crippen MR) is 103 cm³/mol. The lowest BCUT2D eigenvalue weighted by molar-refractivity contribution is -0.127. The molecule has 1 saturated carbocycles. The minimum Gasteiger partial charge on any atom is -0.374 e. The highest BCUT2D eigenvalue weighted by atomic mass is 16.5. The van der Waals surface area contributed by atoms with Gasteiger partial charge in [-0.2, -0.15) is 0 Å². The zero-order valence-electron chi connectivity index (χ0n) is 15.1. The molecule has 0 saturated heterocycles. The van der Waals surface area contributed by atoms with E-state index in [4.69, 9.17) is 10.5 Å². The Labute approximate surface area is 155 Å².